The lowest BCUT2D eigenvalue weighted by molar-refractivity contribution is 0.623. The van der Waals surface area contributed by atoms with Crippen LogP contribution in [0.4, 0.5) is 4.39 Å². The van der Waals surface area contributed by atoms with E-state index in [4.69, 9.17) is 9.98 Å². The Kier molecular flexibility index (Phi) is 4.77. The highest BCUT2D eigenvalue weighted by Gasteiger charge is 2.21. The van der Waals surface area contributed by atoms with Gasteiger partial charge in [0, 0.05) is 34.3 Å². The van der Waals surface area contributed by atoms with E-state index in [1.165, 1.54) is 6.07 Å². The summed E-state index contributed by atoms with van der Waals surface area (Å²) in [4.78, 5) is 12.9. The number of nitriles is 1. The number of nitrogens with zero attached hydrogens (tertiary/aromatic N) is 3. The van der Waals surface area contributed by atoms with Crippen LogP contribution in [0.2, 0.25) is 0 Å². The lowest BCUT2D eigenvalue weighted by Crippen LogP contribution is -2.36. The summed E-state index contributed by atoms with van der Waals surface area (Å²) in [5, 5.41) is 14.6. The molecule has 31 heavy (non-hydrogen) atoms. The number of hydrogen-bond donors (Lipinski definition) is 2. The number of fused-ring (bicyclic) bond motifs is 2. The Hall–Kier alpha value is -4.24. The van der Waals surface area contributed by atoms with Gasteiger partial charge in [0.15, 0.2) is 12.4 Å². The number of benzene rings is 3. The molecular weight excluding hydrogens is 389 g/mol. The number of hydrogen-bond acceptors (Lipinski definition) is 4. The average molecular weight is 407 g/mol. The molecule has 0 saturated carbocycles. The Balaban J connectivity index is 1.73. The summed E-state index contributed by atoms with van der Waals surface area (Å²) in [5.41, 5.74) is 3.61. The zero-order valence-electron chi connectivity index (χ0n) is 16.5. The van der Waals surface area contributed by atoms with Crippen LogP contribution in [0.3, 0.4) is 0 Å². The van der Waals surface area contributed by atoms with Gasteiger partial charge in [-0.3, -0.25) is 15.3 Å². The van der Waals surface area contributed by atoms with Crippen LogP contribution in [0.5, 0.6) is 0 Å². The van der Waals surface area contributed by atoms with Crippen molar-refractivity contribution < 1.29 is 4.39 Å². The highest BCUT2D eigenvalue weighted by atomic mass is 19.1. The van der Waals surface area contributed by atoms with Crippen molar-refractivity contribution in [1.29, 1.82) is 5.26 Å². The number of aromatic nitrogens is 1. The molecule has 150 valence electrons. The third-order valence-corrected chi connectivity index (χ3v) is 5.38. The van der Waals surface area contributed by atoms with Gasteiger partial charge in [0.1, 0.15) is 5.82 Å². The number of halogens is 1. The fraction of sp³-hybridized carbons (Fsp3) is 0.0800. The smallest absolute Gasteiger partial charge is 0.178 e. The summed E-state index contributed by atoms with van der Waals surface area (Å²) in [6.07, 6.45) is 3.74. The van der Waals surface area contributed by atoms with Gasteiger partial charge >= 0.3 is 0 Å². The van der Waals surface area contributed by atoms with Gasteiger partial charge in [-0.05, 0) is 29.8 Å². The molecule has 2 heterocycles. The predicted molar refractivity (Wildman–Crippen MR) is 118 cm³/mol. The molecule has 0 saturated heterocycles. The van der Waals surface area contributed by atoms with Crippen molar-refractivity contribution in [3.05, 3.63) is 107 Å². The van der Waals surface area contributed by atoms with Gasteiger partial charge in [-0.25, -0.2) is 4.39 Å². The van der Waals surface area contributed by atoms with Crippen LogP contribution in [0.15, 0.2) is 89.0 Å². The van der Waals surface area contributed by atoms with Gasteiger partial charge in [-0.1, -0.05) is 48.5 Å². The Morgan fingerprint density at radius 1 is 1.00 bits per heavy atom. The molecule has 1 aliphatic rings. The molecule has 0 spiro atoms. The fourth-order valence-corrected chi connectivity index (χ4v) is 3.91. The molecule has 1 atom stereocenters. The van der Waals surface area contributed by atoms with Crippen LogP contribution >= 0.6 is 0 Å². The van der Waals surface area contributed by atoms with Gasteiger partial charge in [0.25, 0.3) is 0 Å². The van der Waals surface area contributed by atoms with E-state index in [1.807, 2.05) is 60.9 Å². The molecule has 1 aliphatic heterocycles. The molecule has 3 aromatic carbocycles. The summed E-state index contributed by atoms with van der Waals surface area (Å²) < 4.78 is 14.8. The quantitative estimate of drug-likeness (QED) is 0.403. The first-order valence-corrected chi connectivity index (χ1v) is 9.94. The van der Waals surface area contributed by atoms with Crippen molar-refractivity contribution in [2.75, 3.05) is 0 Å². The number of rotatable bonds is 4. The minimum absolute atomic E-state index is 0.353. The Bertz CT molecular complexity index is 1480. The normalized spacial score (nSPS) is 15.4. The molecule has 2 N–H and O–H groups in total. The van der Waals surface area contributed by atoms with Gasteiger partial charge in [-0.15, -0.1) is 0 Å². The maximum absolute atomic E-state index is 14.8. The molecule has 6 heteroatoms. The summed E-state index contributed by atoms with van der Waals surface area (Å²) >= 11 is 0. The average Bonchev–Trinajstić information content (AvgIpc) is 3.13. The van der Waals surface area contributed by atoms with Crippen molar-refractivity contribution in [2.24, 2.45) is 9.98 Å². The number of nitrogens with one attached hydrogen (secondary N) is 2. The topological polar surface area (TPSA) is 76.3 Å². The fourth-order valence-electron chi connectivity index (χ4n) is 3.91. The number of H-pyrrole nitrogens is 1. The molecule has 4 aromatic rings. The van der Waals surface area contributed by atoms with Crippen LogP contribution < -0.4 is 15.9 Å². The van der Waals surface area contributed by atoms with E-state index in [2.05, 4.69) is 10.3 Å². The Morgan fingerprint density at radius 2 is 1.77 bits per heavy atom. The van der Waals surface area contributed by atoms with Crippen LogP contribution in [0, 0.1) is 17.3 Å². The first-order valence-electron chi connectivity index (χ1n) is 9.94. The second kappa shape index (κ2) is 7.88. The lowest BCUT2D eigenvalue weighted by atomic mass is 10.0. The van der Waals surface area contributed by atoms with Crippen LogP contribution in [-0.4, -0.2) is 16.9 Å². The van der Waals surface area contributed by atoms with Gasteiger partial charge in [-0.2, -0.15) is 5.26 Å². The molecule has 0 amide bonds. The van der Waals surface area contributed by atoms with E-state index in [0.29, 0.717) is 28.8 Å². The van der Waals surface area contributed by atoms with E-state index in [1.54, 1.807) is 18.2 Å². The molecule has 1 unspecified atom stereocenters. The summed E-state index contributed by atoms with van der Waals surface area (Å²) in [6.45, 7) is 0. The van der Waals surface area contributed by atoms with Crippen LogP contribution in [0.1, 0.15) is 11.1 Å². The standard InChI is InChI=1S/C25H18FN5/c26-20-10-4-1-8-18(20)24-19-9-3-6-12-22(19)31-25(29-15-27)23(30-24)13-16-14-28-21-11-5-2-7-17(16)21/h1-12,14,25,28-29H,13H2. The SMILES string of the molecule is N#CNC1N=c2ccccc2=C(c2ccccc2F)N=C1Cc1c[nH]c2ccccc12. The predicted octanol–water partition coefficient (Wildman–Crippen LogP) is 3.18. The largest absolute Gasteiger partial charge is 0.361 e. The Labute approximate surface area is 177 Å². The van der Waals surface area contributed by atoms with Crippen molar-refractivity contribution in [3.63, 3.8) is 0 Å². The molecular formula is C25H18FN5. The maximum atomic E-state index is 14.8. The highest BCUT2D eigenvalue weighted by molar-refractivity contribution is 5.98. The molecule has 1 aromatic heterocycles. The van der Waals surface area contributed by atoms with Crippen molar-refractivity contribution >= 4 is 22.3 Å². The molecule has 0 radical (unpaired) electrons. The second-order valence-electron chi connectivity index (χ2n) is 7.27. The summed E-state index contributed by atoms with van der Waals surface area (Å²) in [7, 11) is 0. The number of aromatic amines is 1. The van der Waals surface area contributed by atoms with Crippen LogP contribution in [-0.2, 0) is 6.42 Å². The lowest BCUT2D eigenvalue weighted by Gasteiger charge is -2.13. The van der Waals surface area contributed by atoms with E-state index in [0.717, 1.165) is 21.7 Å². The zero-order valence-corrected chi connectivity index (χ0v) is 16.5. The molecule has 0 aliphatic carbocycles. The van der Waals surface area contributed by atoms with E-state index in [9.17, 15) is 9.65 Å². The van der Waals surface area contributed by atoms with Crippen LogP contribution in [0.25, 0.3) is 16.6 Å². The number of para-hydroxylation sites is 2. The van der Waals surface area contributed by atoms with Gasteiger partial charge in [0.2, 0.25) is 0 Å². The van der Waals surface area contributed by atoms with Gasteiger partial charge < -0.3 is 4.98 Å². The van der Waals surface area contributed by atoms with Gasteiger partial charge in [0.05, 0.1) is 16.8 Å². The first kappa shape index (κ1) is 18.8. The van der Waals surface area contributed by atoms with Crippen molar-refractivity contribution in [1.82, 2.24) is 10.3 Å². The first-order chi connectivity index (χ1) is 15.2. The van der Waals surface area contributed by atoms with E-state index in [-0.39, 0.29) is 5.82 Å². The van der Waals surface area contributed by atoms with E-state index < -0.39 is 6.17 Å². The minimum Gasteiger partial charge on any atom is -0.361 e. The third kappa shape index (κ3) is 3.47. The maximum Gasteiger partial charge on any atom is 0.178 e. The molecule has 0 fully saturated rings. The molecule has 5 nitrogen and oxygen atoms in total. The monoisotopic (exact) mass is 407 g/mol. The second-order valence-corrected chi connectivity index (χ2v) is 7.27. The van der Waals surface area contributed by atoms with E-state index >= 15 is 0 Å². The summed E-state index contributed by atoms with van der Waals surface area (Å²) in [6, 6.07) is 22.1. The van der Waals surface area contributed by atoms with Crippen molar-refractivity contribution in [2.45, 2.75) is 12.6 Å². The molecule has 0 bridgehead atoms. The summed E-state index contributed by atoms with van der Waals surface area (Å²) in [5.74, 6) is -0.353. The van der Waals surface area contributed by atoms with Crippen molar-refractivity contribution in [3.8, 4) is 6.19 Å². The molecule has 5 rings (SSSR count). The number of aliphatic imine (C=N–C) groups is 1. The Morgan fingerprint density at radius 3 is 2.65 bits per heavy atom. The third-order valence-electron chi connectivity index (χ3n) is 5.38. The zero-order chi connectivity index (χ0) is 21.2. The highest BCUT2D eigenvalue weighted by Crippen LogP contribution is 2.22. The minimum atomic E-state index is -0.649.